The standard InChI is InChI=1S/C23H17FN4O4S/c1-3-13-4-6-14(7-5-13)23-28-19-10-15(9-18(24)21(19)32-23)27-22(29)17-8-16(11-25)26-12-20(17)33(2,30)31/h4-10,12H,3H2,1-2H3,(H,27,29). The zero-order chi connectivity index (χ0) is 23.8. The average Bonchev–Trinajstić information content (AvgIpc) is 3.23. The Kier molecular flexibility index (Phi) is 5.66. The number of hydrogen-bond acceptors (Lipinski definition) is 7. The summed E-state index contributed by atoms with van der Waals surface area (Å²) in [7, 11) is -3.81. The molecule has 2 aromatic carbocycles. The molecule has 0 saturated heterocycles. The lowest BCUT2D eigenvalue weighted by molar-refractivity contribution is 0.102. The zero-order valence-corrected chi connectivity index (χ0v) is 18.4. The van der Waals surface area contributed by atoms with Crippen molar-refractivity contribution < 1.29 is 22.0 Å². The number of benzene rings is 2. The fraction of sp³-hybridized carbons (Fsp3) is 0.130. The van der Waals surface area contributed by atoms with Crippen molar-refractivity contribution in [2.24, 2.45) is 0 Å². The van der Waals surface area contributed by atoms with E-state index in [1.54, 1.807) is 6.07 Å². The van der Waals surface area contributed by atoms with E-state index in [4.69, 9.17) is 9.68 Å². The lowest BCUT2D eigenvalue weighted by atomic mass is 10.1. The minimum absolute atomic E-state index is 0.0425. The number of carbonyl (C=O) groups excluding carboxylic acids is 1. The van der Waals surface area contributed by atoms with Crippen LogP contribution in [0.15, 0.2) is 58.0 Å². The maximum atomic E-state index is 14.7. The van der Waals surface area contributed by atoms with Gasteiger partial charge < -0.3 is 9.73 Å². The maximum absolute atomic E-state index is 14.7. The molecule has 33 heavy (non-hydrogen) atoms. The quantitative estimate of drug-likeness (QED) is 0.471. The SMILES string of the molecule is CCc1ccc(-c2nc3cc(NC(=O)c4cc(C#N)ncc4S(C)(=O)=O)cc(F)c3o2)cc1. The van der Waals surface area contributed by atoms with Gasteiger partial charge in [-0.2, -0.15) is 5.26 Å². The third-order valence-electron chi connectivity index (χ3n) is 4.94. The van der Waals surface area contributed by atoms with E-state index in [-0.39, 0.29) is 38.8 Å². The van der Waals surface area contributed by atoms with Gasteiger partial charge in [0.15, 0.2) is 21.2 Å². The first-order valence-corrected chi connectivity index (χ1v) is 11.7. The molecule has 2 heterocycles. The Balaban J connectivity index is 1.70. The number of nitriles is 1. The van der Waals surface area contributed by atoms with Crippen LogP contribution in [0, 0.1) is 17.1 Å². The fourth-order valence-corrected chi connectivity index (χ4v) is 4.04. The van der Waals surface area contributed by atoms with Crippen LogP contribution in [0.2, 0.25) is 0 Å². The van der Waals surface area contributed by atoms with Gasteiger partial charge in [-0.3, -0.25) is 4.79 Å². The smallest absolute Gasteiger partial charge is 0.257 e. The third-order valence-corrected chi connectivity index (χ3v) is 6.06. The van der Waals surface area contributed by atoms with Gasteiger partial charge in [-0.15, -0.1) is 0 Å². The van der Waals surface area contributed by atoms with Crippen molar-refractivity contribution in [3.8, 4) is 17.5 Å². The van der Waals surface area contributed by atoms with Gasteiger partial charge in [-0.1, -0.05) is 19.1 Å². The molecule has 8 nitrogen and oxygen atoms in total. The second-order valence-electron chi connectivity index (χ2n) is 7.28. The number of hydrogen-bond donors (Lipinski definition) is 1. The van der Waals surface area contributed by atoms with E-state index in [1.807, 2.05) is 31.2 Å². The van der Waals surface area contributed by atoms with E-state index in [1.165, 1.54) is 6.07 Å². The van der Waals surface area contributed by atoms with Crippen LogP contribution in [0.5, 0.6) is 0 Å². The van der Waals surface area contributed by atoms with Gasteiger partial charge >= 0.3 is 0 Å². The number of carbonyl (C=O) groups is 1. The van der Waals surface area contributed by atoms with Crippen LogP contribution >= 0.6 is 0 Å². The molecule has 1 N–H and O–H groups in total. The van der Waals surface area contributed by atoms with Crippen LogP contribution in [0.3, 0.4) is 0 Å². The van der Waals surface area contributed by atoms with E-state index in [9.17, 15) is 17.6 Å². The number of aromatic nitrogens is 2. The lowest BCUT2D eigenvalue weighted by Crippen LogP contribution is -2.17. The Morgan fingerprint density at radius 3 is 2.58 bits per heavy atom. The molecule has 0 aliphatic carbocycles. The minimum Gasteiger partial charge on any atom is -0.433 e. The summed E-state index contributed by atoms with van der Waals surface area (Å²) in [6.07, 6.45) is 2.74. The molecule has 0 aliphatic heterocycles. The molecule has 0 unspecified atom stereocenters. The minimum atomic E-state index is -3.81. The third kappa shape index (κ3) is 4.44. The number of nitrogens with one attached hydrogen (secondary N) is 1. The molecule has 1 amide bonds. The topological polar surface area (TPSA) is 126 Å². The summed E-state index contributed by atoms with van der Waals surface area (Å²) in [6.45, 7) is 2.03. The number of nitrogens with zero attached hydrogens (tertiary/aromatic N) is 3. The van der Waals surface area contributed by atoms with Crippen LogP contribution < -0.4 is 5.32 Å². The van der Waals surface area contributed by atoms with E-state index >= 15 is 0 Å². The lowest BCUT2D eigenvalue weighted by Gasteiger charge is -2.09. The Bertz CT molecular complexity index is 1540. The number of rotatable bonds is 5. The highest BCUT2D eigenvalue weighted by atomic mass is 32.2. The van der Waals surface area contributed by atoms with Crippen LogP contribution in [-0.2, 0) is 16.3 Å². The van der Waals surface area contributed by atoms with Crippen molar-refractivity contribution >= 4 is 32.5 Å². The molecule has 0 aliphatic rings. The van der Waals surface area contributed by atoms with E-state index in [0.29, 0.717) is 5.56 Å². The van der Waals surface area contributed by atoms with Gasteiger partial charge in [0.05, 0.1) is 10.5 Å². The summed E-state index contributed by atoms with van der Waals surface area (Å²) < 4.78 is 44.3. The molecule has 166 valence electrons. The molecule has 4 aromatic rings. The predicted molar refractivity (Wildman–Crippen MR) is 119 cm³/mol. The zero-order valence-electron chi connectivity index (χ0n) is 17.6. The van der Waals surface area contributed by atoms with Gasteiger partial charge in [0.2, 0.25) is 5.89 Å². The molecule has 0 atom stereocenters. The second kappa shape index (κ2) is 8.44. The number of amides is 1. The molecule has 0 saturated carbocycles. The van der Waals surface area contributed by atoms with Crippen LogP contribution in [0.25, 0.3) is 22.6 Å². The number of sulfone groups is 1. The molecule has 10 heteroatoms. The Morgan fingerprint density at radius 1 is 1.21 bits per heavy atom. The summed E-state index contributed by atoms with van der Waals surface area (Å²) >= 11 is 0. The number of fused-ring (bicyclic) bond motifs is 1. The van der Waals surface area contributed by atoms with E-state index < -0.39 is 21.6 Å². The number of anilines is 1. The molecular formula is C23H17FN4O4S. The van der Waals surface area contributed by atoms with Crippen LogP contribution in [0.1, 0.15) is 28.5 Å². The summed E-state index contributed by atoms with van der Waals surface area (Å²) in [6, 6.07) is 12.8. The summed E-state index contributed by atoms with van der Waals surface area (Å²) in [5.41, 5.74) is 1.54. The molecule has 0 radical (unpaired) electrons. The number of halogens is 1. The fourth-order valence-electron chi connectivity index (χ4n) is 3.25. The number of oxazole rings is 1. The van der Waals surface area contributed by atoms with Gasteiger partial charge in [-0.25, -0.2) is 22.8 Å². The van der Waals surface area contributed by atoms with Gasteiger partial charge in [0.25, 0.3) is 5.91 Å². The second-order valence-corrected chi connectivity index (χ2v) is 9.26. The van der Waals surface area contributed by atoms with Crippen molar-refractivity contribution in [1.29, 1.82) is 5.26 Å². The van der Waals surface area contributed by atoms with Crippen molar-refractivity contribution in [1.82, 2.24) is 9.97 Å². The first-order chi connectivity index (χ1) is 15.7. The molecule has 0 fully saturated rings. The van der Waals surface area contributed by atoms with E-state index in [2.05, 4.69) is 15.3 Å². The largest absolute Gasteiger partial charge is 0.433 e. The average molecular weight is 464 g/mol. The Hall–Kier alpha value is -4.10. The van der Waals surface area contributed by atoms with Crippen molar-refractivity contribution in [2.75, 3.05) is 11.6 Å². The normalized spacial score (nSPS) is 11.3. The summed E-state index contributed by atoms with van der Waals surface area (Å²) in [5, 5.41) is 11.5. The Labute approximate surface area is 188 Å². The maximum Gasteiger partial charge on any atom is 0.257 e. The predicted octanol–water partition coefficient (Wildman–Crippen LogP) is 4.12. The molecular weight excluding hydrogens is 447 g/mol. The molecule has 2 aromatic heterocycles. The van der Waals surface area contributed by atoms with Gasteiger partial charge in [0.1, 0.15) is 17.3 Å². The first-order valence-electron chi connectivity index (χ1n) is 9.80. The highest BCUT2D eigenvalue weighted by Crippen LogP contribution is 2.29. The van der Waals surface area contributed by atoms with Gasteiger partial charge in [-0.05, 0) is 36.2 Å². The molecule has 0 spiro atoms. The highest BCUT2D eigenvalue weighted by molar-refractivity contribution is 7.90. The molecule has 4 rings (SSSR count). The van der Waals surface area contributed by atoms with E-state index in [0.717, 1.165) is 36.6 Å². The monoisotopic (exact) mass is 464 g/mol. The highest BCUT2D eigenvalue weighted by Gasteiger charge is 2.22. The van der Waals surface area contributed by atoms with Crippen molar-refractivity contribution in [3.05, 3.63) is 71.3 Å². The summed E-state index contributed by atoms with van der Waals surface area (Å²) in [5.74, 6) is -1.36. The van der Waals surface area contributed by atoms with Crippen LogP contribution in [-0.4, -0.2) is 30.5 Å². The van der Waals surface area contributed by atoms with Crippen molar-refractivity contribution in [2.45, 2.75) is 18.2 Å². The summed E-state index contributed by atoms with van der Waals surface area (Å²) in [4.78, 5) is 20.5. The first kappa shape index (κ1) is 22.1. The number of pyridine rings is 1. The molecule has 0 bridgehead atoms. The Morgan fingerprint density at radius 2 is 1.94 bits per heavy atom. The van der Waals surface area contributed by atoms with Crippen LogP contribution in [0.4, 0.5) is 10.1 Å². The van der Waals surface area contributed by atoms with Gasteiger partial charge in [0, 0.05) is 29.8 Å². The van der Waals surface area contributed by atoms with Crippen molar-refractivity contribution in [3.63, 3.8) is 0 Å². The number of aryl methyl sites for hydroxylation is 1.